The molecule has 0 radical (unpaired) electrons. The maximum Gasteiger partial charge on any atom is 0.322 e. The van der Waals surface area contributed by atoms with Gasteiger partial charge in [-0.25, -0.2) is 9.31 Å². The number of carbonyl (C=O) groups is 1. The maximum absolute atomic E-state index is 12.5. The van der Waals surface area contributed by atoms with Crippen LogP contribution in [0.1, 0.15) is 24.6 Å². The highest BCUT2D eigenvalue weighted by Crippen LogP contribution is 2.31. The molecule has 1 aliphatic heterocycles. The third kappa shape index (κ3) is 3.03. The average molecular weight is 343 g/mol. The summed E-state index contributed by atoms with van der Waals surface area (Å²) >= 11 is 0. The normalized spacial score (nSPS) is 16.7. The van der Waals surface area contributed by atoms with Crippen molar-refractivity contribution in [1.82, 2.24) is 30.1 Å². The van der Waals surface area contributed by atoms with Crippen LogP contribution in [0, 0.1) is 6.92 Å². The number of rotatable bonds is 3. The van der Waals surface area contributed by atoms with Crippen molar-refractivity contribution in [3.05, 3.63) is 36.1 Å². The highest BCUT2D eigenvalue weighted by atomic mass is 16.5. The van der Waals surface area contributed by atoms with Crippen LogP contribution in [-0.2, 0) is 10.3 Å². The molecule has 0 saturated carbocycles. The lowest BCUT2D eigenvalue weighted by Gasteiger charge is -2.34. The number of hydrogen-bond acceptors (Lipinski definition) is 7. The smallest absolute Gasteiger partial charge is 0.322 e. The monoisotopic (exact) mass is 343 g/mol. The van der Waals surface area contributed by atoms with E-state index in [-0.39, 0.29) is 5.95 Å². The summed E-state index contributed by atoms with van der Waals surface area (Å²) in [5, 5.41) is 13.6. The van der Waals surface area contributed by atoms with E-state index >= 15 is 0 Å². The van der Waals surface area contributed by atoms with Crippen molar-refractivity contribution in [2.24, 2.45) is 0 Å². The van der Waals surface area contributed by atoms with Crippen molar-refractivity contribution in [3.8, 4) is 0 Å². The van der Waals surface area contributed by atoms with E-state index in [0.717, 1.165) is 0 Å². The van der Waals surface area contributed by atoms with Gasteiger partial charge in [-0.3, -0.25) is 5.32 Å². The van der Waals surface area contributed by atoms with Crippen LogP contribution in [0.5, 0.6) is 0 Å². The minimum Gasteiger partial charge on any atom is -0.381 e. The molecule has 0 aliphatic carbocycles. The molecule has 2 amide bonds. The molecule has 3 aromatic rings. The average Bonchev–Trinajstić information content (AvgIpc) is 3.21. The molecule has 0 spiro atoms. The fourth-order valence-corrected chi connectivity index (χ4v) is 2.84. The van der Waals surface area contributed by atoms with Gasteiger partial charge < -0.3 is 14.6 Å². The fourth-order valence-electron chi connectivity index (χ4n) is 2.84. The van der Waals surface area contributed by atoms with Crippen molar-refractivity contribution in [2.75, 3.05) is 18.5 Å². The quantitative estimate of drug-likeness (QED) is 0.734. The minimum atomic E-state index is -0.761. The van der Waals surface area contributed by atoms with Gasteiger partial charge in [0, 0.05) is 32.3 Å². The molecule has 0 bridgehead atoms. The standard InChI is InChI=1S/C15H17N7O3/c1-10-16-12(25-21-10)15(5-8-24-9-6-15)19-14(23)18-13-17-11-4-2-3-7-22(11)20-13/h2-4,7H,5-6,8-9H2,1H3,(H2,18,19,20,23). The zero-order valence-electron chi connectivity index (χ0n) is 13.6. The van der Waals surface area contributed by atoms with Crippen LogP contribution < -0.4 is 10.6 Å². The predicted molar refractivity (Wildman–Crippen MR) is 85.9 cm³/mol. The van der Waals surface area contributed by atoms with E-state index in [1.54, 1.807) is 23.7 Å². The lowest BCUT2D eigenvalue weighted by molar-refractivity contribution is 0.0285. The van der Waals surface area contributed by atoms with Crippen molar-refractivity contribution in [3.63, 3.8) is 0 Å². The predicted octanol–water partition coefficient (Wildman–Crippen LogP) is 1.25. The van der Waals surface area contributed by atoms with Gasteiger partial charge in [0.1, 0.15) is 5.54 Å². The van der Waals surface area contributed by atoms with E-state index < -0.39 is 11.6 Å². The first-order valence-electron chi connectivity index (χ1n) is 7.94. The van der Waals surface area contributed by atoms with E-state index in [2.05, 4.69) is 30.9 Å². The van der Waals surface area contributed by atoms with Crippen LogP contribution in [0.2, 0.25) is 0 Å². The summed E-state index contributed by atoms with van der Waals surface area (Å²) in [5.74, 6) is 1.11. The lowest BCUT2D eigenvalue weighted by atomic mass is 9.90. The first kappa shape index (κ1) is 15.5. The van der Waals surface area contributed by atoms with Crippen LogP contribution in [0.4, 0.5) is 10.7 Å². The number of ether oxygens (including phenoxy) is 1. The fraction of sp³-hybridized carbons (Fsp3) is 0.400. The summed E-state index contributed by atoms with van der Waals surface area (Å²) in [4.78, 5) is 21.0. The zero-order chi connectivity index (χ0) is 17.3. The lowest BCUT2D eigenvalue weighted by Crippen LogP contribution is -2.51. The highest BCUT2D eigenvalue weighted by Gasteiger charge is 2.41. The SMILES string of the molecule is Cc1noc(C2(NC(=O)Nc3nc4ccccn4n3)CCOCC2)n1. The van der Waals surface area contributed by atoms with Crippen molar-refractivity contribution in [1.29, 1.82) is 0 Å². The van der Waals surface area contributed by atoms with Gasteiger partial charge in [0.2, 0.25) is 0 Å². The summed E-state index contributed by atoms with van der Waals surface area (Å²) in [6.45, 7) is 2.73. The molecule has 1 aliphatic rings. The Bertz CT molecular complexity index is 864. The number of nitrogens with one attached hydrogen (secondary N) is 2. The van der Waals surface area contributed by atoms with Gasteiger partial charge in [0.05, 0.1) is 0 Å². The summed E-state index contributed by atoms with van der Waals surface area (Å²) in [5.41, 5.74) is -0.117. The Kier molecular flexibility index (Phi) is 3.80. The van der Waals surface area contributed by atoms with Crippen LogP contribution in [-0.4, -0.2) is 44.0 Å². The number of carbonyl (C=O) groups excluding carboxylic acids is 1. The van der Waals surface area contributed by atoms with Gasteiger partial charge in [-0.05, 0) is 19.1 Å². The Hall–Kier alpha value is -3.01. The minimum absolute atomic E-state index is 0.215. The van der Waals surface area contributed by atoms with E-state index in [1.165, 1.54) is 0 Å². The van der Waals surface area contributed by atoms with Crippen molar-refractivity contribution in [2.45, 2.75) is 25.3 Å². The van der Waals surface area contributed by atoms with Gasteiger partial charge in [0.15, 0.2) is 11.5 Å². The molecular formula is C15H17N7O3. The summed E-state index contributed by atoms with van der Waals surface area (Å²) in [6, 6.07) is 5.05. The first-order chi connectivity index (χ1) is 12.1. The van der Waals surface area contributed by atoms with Gasteiger partial charge in [-0.1, -0.05) is 11.2 Å². The van der Waals surface area contributed by atoms with Gasteiger partial charge in [-0.2, -0.15) is 9.97 Å². The molecule has 130 valence electrons. The van der Waals surface area contributed by atoms with E-state index in [9.17, 15) is 4.79 Å². The largest absolute Gasteiger partial charge is 0.381 e. The van der Waals surface area contributed by atoms with Crippen LogP contribution >= 0.6 is 0 Å². The molecule has 0 aromatic carbocycles. The second kappa shape index (κ2) is 6.13. The first-order valence-corrected chi connectivity index (χ1v) is 7.94. The van der Waals surface area contributed by atoms with Crippen molar-refractivity contribution >= 4 is 17.6 Å². The molecule has 3 aromatic heterocycles. The molecule has 1 saturated heterocycles. The number of nitrogens with zero attached hydrogens (tertiary/aromatic N) is 5. The highest BCUT2D eigenvalue weighted by molar-refractivity contribution is 5.88. The molecule has 0 atom stereocenters. The van der Waals surface area contributed by atoms with Crippen LogP contribution in [0.15, 0.2) is 28.9 Å². The second-order valence-electron chi connectivity index (χ2n) is 5.86. The number of pyridine rings is 1. The molecule has 2 N–H and O–H groups in total. The summed E-state index contributed by atoms with van der Waals surface area (Å²) in [6.07, 6.45) is 2.84. The number of hydrogen-bond donors (Lipinski definition) is 2. The number of urea groups is 1. The van der Waals surface area contributed by atoms with Gasteiger partial charge in [0.25, 0.3) is 11.8 Å². The van der Waals surface area contributed by atoms with E-state index in [1.807, 2.05) is 12.1 Å². The van der Waals surface area contributed by atoms with E-state index in [0.29, 0.717) is 43.4 Å². The molecule has 1 fully saturated rings. The number of aromatic nitrogens is 5. The molecule has 4 rings (SSSR count). The molecular weight excluding hydrogens is 326 g/mol. The van der Waals surface area contributed by atoms with Crippen LogP contribution in [0.3, 0.4) is 0 Å². The Labute approximate surface area is 142 Å². The number of aryl methyl sites for hydroxylation is 1. The summed E-state index contributed by atoms with van der Waals surface area (Å²) in [7, 11) is 0. The maximum atomic E-state index is 12.5. The number of fused-ring (bicyclic) bond motifs is 1. The molecule has 10 nitrogen and oxygen atoms in total. The Balaban J connectivity index is 1.54. The third-order valence-corrected chi connectivity index (χ3v) is 4.10. The Morgan fingerprint density at radius 3 is 2.84 bits per heavy atom. The van der Waals surface area contributed by atoms with Crippen LogP contribution in [0.25, 0.3) is 5.65 Å². The molecule has 10 heteroatoms. The number of amides is 2. The molecule has 25 heavy (non-hydrogen) atoms. The summed E-state index contributed by atoms with van der Waals surface area (Å²) < 4.78 is 12.3. The zero-order valence-corrected chi connectivity index (χ0v) is 13.6. The van der Waals surface area contributed by atoms with Crippen molar-refractivity contribution < 1.29 is 14.1 Å². The van der Waals surface area contributed by atoms with E-state index in [4.69, 9.17) is 9.26 Å². The van der Waals surface area contributed by atoms with Gasteiger partial charge in [-0.15, -0.1) is 5.10 Å². The second-order valence-corrected chi connectivity index (χ2v) is 5.86. The van der Waals surface area contributed by atoms with Gasteiger partial charge >= 0.3 is 6.03 Å². The Morgan fingerprint density at radius 1 is 1.28 bits per heavy atom. The molecule has 0 unspecified atom stereocenters. The number of anilines is 1. The molecule has 4 heterocycles. The third-order valence-electron chi connectivity index (χ3n) is 4.10. The topological polar surface area (TPSA) is 119 Å². The Morgan fingerprint density at radius 2 is 2.12 bits per heavy atom.